The van der Waals surface area contributed by atoms with E-state index < -0.39 is 70.1 Å². The number of hydrogen-bond donors (Lipinski definition) is 1. The molecule has 12 nitrogen and oxygen atoms in total. The van der Waals surface area contributed by atoms with E-state index in [9.17, 15) is 44.3 Å². The van der Waals surface area contributed by atoms with Gasteiger partial charge >= 0.3 is 18.0 Å². The zero-order valence-electron chi connectivity index (χ0n) is 21.6. The van der Waals surface area contributed by atoms with Crippen molar-refractivity contribution < 1.29 is 39.6 Å². The number of hydrogen-bond acceptors (Lipinski definition) is 8. The summed E-state index contributed by atoms with van der Waals surface area (Å²) in [5, 5.41) is 9.84. The van der Waals surface area contributed by atoms with Gasteiger partial charge in [0.2, 0.25) is 5.91 Å². The Morgan fingerprint density at radius 3 is 2.33 bits per heavy atom. The molecule has 0 bridgehead atoms. The Morgan fingerprint density at radius 1 is 1.05 bits per heavy atom. The molecule has 1 N–H and O–H groups in total. The quantitative estimate of drug-likeness (QED) is 0.272. The molecule has 1 amide bonds. The molecular formula is C23H19ClF6N8O4S. The van der Waals surface area contributed by atoms with Crippen LogP contribution < -0.4 is 11.0 Å². The summed E-state index contributed by atoms with van der Waals surface area (Å²) in [7, 11) is -3.97. The summed E-state index contributed by atoms with van der Waals surface area (Å²) >= 11 is 5.90. The van der Waals surface area contributed by atoms with Gasteiger partial charge in [-0.15, -0.1) is 10.2 Å². The molecule has 0 spiro atoms. The van der Waals surface area contributed by atoms with Gasteiger partial charge < -0.3 is 5.32 Å². The summed E-state index contributed by atoms with van der Waals surface area (Å²) in [4.78, 5) is 32.9. The van der Waals surface area contributed by atoms with Crippen LogP contribution in [0.2, 0.25) is 5.02 Å². The third kappa shape index (κ3) is 7.78. The highest BCUT2D eigenvalue weighted by molar-refractivity contribution is 7.91. The summed E-state index contributed by atoms with van der Waals surface area (Å²) in [5.41, 5.74) is -2.10. The summed E-state index contributed by atoms with van der Waals surface area (Å²) in [5.74, 6) is -3.80. The molecule has 1 unspecified atom stereocenters. The maximum absolute atomic E-state index is 13.9. The Bertz CT molecular complexity index is 1800. The minimum Gasteiger partial charge on any atom is -0.342 e. The molecule has 43 heavy (non-hydrogen) atoms. The van der Waals surface area contributed by atoms with Crippen molar-refractivity contribution in [2.75, 3.05) is 12.0 Å². The fourth-order valence-corrected chi connectivity index (χ4v) is 4.50. The van der Waals surface area contributed by atoms with Crippen LogP contribution in [-0.4, -0.2) is 72.6 Å². The first-order valence-electron chi connectivity index (χ1n) is 11.8. The maximum atomic E-state index is 13.9. The lowest BCUT2D eigenvalue weighted by Gasteiger charge is -2.22. The van der Waals surface area contributed by atoms with Crippen molar-refractivity contribution in [3.63, 3.8) is 0 Å². The van der Waals surface area contributed by atoms with Crippen LogP contribution in [-0.2, 0) is 33.9 Å². The number of carbonyl (C=O) groups is 1. The summed E-state index contributed by atoms with van der Waals surface area (Å²) in [6.07, 6.45) is -7.22. The van der Waals surface area contributed by atoms with Gasteiger partial charge in [0.15, 0.2) is 27.3 Å². The summed E-state index contributed by atoms with van der Waals surface area (Å²) in [6, 6.07) is 4.64. The number of halogens is 7. The minimum absolute atomic E-state index is 0.144. The van der Waals surface area contributed by atoms with Crippen molar-refractivity contribution in [3.8, 4) is 17.2 Å². The van der Waals surface area contributed by atoms with Gasteiger partial charge in [0.25, 0.3) is 0 Å². The second kappa shape index (κ2) is 11.8. The van der Waals surface area contributed by atoms with E-state index in [2.05, 4.69) is 20.2 Å². The highest BCUT2D eigenvalue weighted by Gasteiger charge is 2.42. The van der Waals surface area contributed by atoms with Crippen LogP contribution in [0.15, 0.2) is 53.7 Å². The summed E-state index contributed by atoms with van der Waals surface area (Å²) < 4.78 is 107. The van der Waals surface area contributed by atoms with Gasteiger partial charge in [0, 0.05) is 23.0 Å². The average Bonchev–Trinajstić information content (AvgIpc) is 3.47. The molecule has 0 saturated heterocycles. The van der Waals surface area contributed by atoms with Crippen molar-refractivity contribution >= 4 is 27.3 Å². The van der Waals surface area contributed by atoms with Gasteiger partial charge in [-0.1, -0.05) is 11.6 Å². The highest BCUT2D eigenvalue weighted by Crippen LogP contribution is 2.32. The highest BCUT2D eigenvalue weighted by atomic mass is 35.5. The van der Waals surface area contributed by atoms with Crippen LogP contribution in [0.5, 0.6) is 0 Å². The zero-order chi connectivity index (χ0) is 31.7. The molecule has 0 fully saturated rings. The topological polar surface area (TPSA) is 147 Å². The second-order valence-corrected chi connectivity index (χ2v) is 11.7. The lowest BCUT2D eigenvalue weighted by molar-refractivity contribution is -0.163. The van der Waals surface area contributed by atoms with Crippen LogP contribution in [0.1, 0.15) is 11.4 Å². The number of nitrogens with zero attached hydrogens (tertiary/aromatic N) is 7. The Labute approximate surface area is 242 Å². The monoisotopic (exact) mass is 652 g/mol. The van der Waals surface area contributed by atoms with Crippen molar-refractivity contribution in [3.05, 3.63) is 75.8 Å². The van der Waals surface area contributed by atoms with Crippen LogP contribution in [0.4, 0.5) is 26.3 Å². The lowest BCUT2D eigenvalue weighted by atomic mass is 10.2. The third-order valence-electron chi connectivity index (χ3n) is 5.65. The molecule has 1 atom stereocenters. The van der Waals surface area contributed by atoms with E-state index in [0.717, 1.165) is 29.3 Å². The van der Waals surface area contributed by atoms with E-state index in [0.29, 0.717) is 15.5 Å². The number of nitrogens with one attached hydrogen (secondary N) is 1. The number of pyridine rings is 1. The molecule has 230 valence electrons. The van der Waals surface area contributed by atoms with Crippen molar-refractivity contribution in [2.45, 2.75) is 31.5 Å². The predicted octanol–water partition coefficient (Wildman–Crippen LogP) is 2.50. The number of alkyl halides is 6. The Kier molecular flexibility index (Phi) is 8.68. The number of rotatable bonds is 9. The van der Waals surface area contributed by atoms with E-state index in [1.165, 1.54) is 24.3 Å². The number of aromatic nitrogens is 7. The van der Waals surface area contributed by atoms with Gasteiger partial charge in [-0.3, -0.25) is 9.36 Å². The molecule has 4 rings (SSSR count). The van der Waals surface area contributed by atoms with Gasteiger partial charge in [-0.25, -0.2) is 32.5 Å². The molecule has 0 radical (unpaired) electrons. The molecule has 0 saturated carbocycles. The van der Waals surface area contributed by atoms with Gasteiger partial charge in [-0.2, -0.15) is 26.3 Å². The third-order valence-corrected chi connectivity index (χ3v) is 6.69. The SMILES string of the molecule is CS(=O)(=O)CC(=O)NC(Cn1c(-c2ccc(Cl)cc2)nn(Cc2ncn(-c3ncccc3C(F)(F)F)n2)c1=O)C(F)(F)F. The smallest absolute Gasteiger partial charge is 0.342 e. The Balaban J connectivity index is 1.72. The first-order chi connectivity index (χ1) is 19.9. The number of sulfone groups is 1. The van der Waals surface area contributed by atoms with Crippen molar-refractivity contribution in [1.82, 2.24) is 39.4 Å². The Hall–Kier alpha value is -4.26. The van der Waals surface area contributed by atoms with E-state index >= 15 is 0 Å². The largest absolute Gasteiger partial charge is 0.420 e. The molecule has 0 aliphatic heterocycles. The first-order valence-corrected chi connectivity index (χ1v) is 14.3. The number of carbonyl (C=O) groups excluding carboxylic acids is 1. The first kappa shape index (κ1) is 31.7. The molecule has 0 aliphatic carbocycles. The average molecular weight is 653 g/mol. The zero-order valence-corrected chi connectivity index (χ0v) is 23.2. The molecule has 3 heterocycles. The van der Waals surface area contributed by atoms with Crippen LogP contribution in [0.3, 0.4) is 0 Å². The van der Waals surface area contributed by atoms with E-state index in [-0.39, 0.29) is 22.2 Å². The normalized spacial score (nSPS) is 13.2. The molecular weight excluding hydrogens is 634 g/mol. The van der Waals surface area contributed by atoms with Crippen LogP contribution in [0, 0.1) is 0 Å². The molecule has 20 heteroatoms. The van der Waals surface area contributed by atoms with Gasteiger partial charge in [-0.05, 0) is 36.4 Å². The van der Waals surface area contributed by atoms with Crippen molar-refractivity contribution in [2.24, 2.45) is 0 Å². The standard InChI is InChI=1S/C23H19ClF6N8O4S/c1-43(41,42)11-18(39)33-16(23(28,29)30)9-36-19(13-4-6-14(24)7-5-13)35-37(21(36)40)10-17-32-12-38(34-17)20-15(22(25,26)27)3-2-8-31-20/h2-8,12,16H,9-11H2,1H3,(H,33,39). The number of amides is 1. The molecule has 1 aromatic carbocycles. The maximum Gasteiger partial charge on any atom is 0.420 e. The molecule has 0 aliphatic rings. The fourth-order valence-electron chi connectivity index (χ4n) is 3.82. The predicted molar refractivity (Wildman–Crippen MR) is 138 cm³/mol. The molecule has 3 aromatic heterocycles. The number of benzene rings is 1. The van der Waals surface area contributed by atoms with Crippen LogP contribution >= 0.6 is 11.6 Å². The van der Waals surface area contributed by atoms with E-state index in [4.69, 9.17) is 11.6 Å². The summed E-state index contributed by atoms with van der Waals surface area (Å²) in [6.45, 7) is -1.79. The van der Waals surface area contributed by atoms with Gasteiger partial charge in [0.05, 0.1) is 6.54 Å². The van der Waals surface area contributed by atoms with Crippen LogP contribution in [0.25, 0.3) is 17.2 Å². The molecule has 4 aromatic rings. The fraction of sp³-hybridized carbons (Fsp3) is 0.304. The van der Waals surface area contributed by atoms with Gasteiger partial charge in [0.1, 0.15) is 30.2 Å². The minimum atomic E-state index is -5.12. The van der Waals surface area contributed by atoms with Crippen molar-refractivity contribution in [1.29, 1.82) is 0 Å². The second-order valence-electron chi connectivity index (χ2n) is 9.09. The van der Waals surface area contributed by atoms with E-state index in [1.54, 1.807) is 5.32 Å². The Morgan fingerprint density at radius 2 is 1.72 bits per heavy atom. The lowest BCUT2D eigenvalue weighted by Crippen LogP contribution is -2.50. The van der Waals surface area contributed by atoms with E-state index in [1.807, 2.05) is 0 Å².